The Morgan fingerprint density at radius 1 is 1.35 bits per heavy atom. The van der Waals surface area contributed by atoms with E-state index >= 15 is 0 Å². The zero-order valence-corrected chi connectivity index (χ0v) is 12.0. The fourth-order valence-corrected chi connectivity index (χ4v) is 2.76. The number of piperidine rings is 1. The largest absolute Gasteiger partial charge is 0.317 e. The molecule has 1 aliphatic rings. The summed E-state index contributed by atoms with van der Waals surface area (Å²) in [4.78, 5) is 12.4. The van der Waals surface area contributed by atoms with E-state index in [1.165, 1.54) is 12.1 Å². The first kappa shape index (κ1) is 15.1. The Bertz CT molecular complexity index is 427. The molecule has 0 aromatic heterocycles. The van der Waals surface area contributed by atoms with Gasteiger partial charge in [-0.25, -0.2) is 4.39 Å². The summed E-state index contributed by atoms with van der Waals surface area (Å²) in [7, 11) is 0. The third-order valence-corrected chi connectivity index (χ3v) is 3.92. The lowest BCUT2D eigenvalue weighted by molar-refractivity contribution is -0.124. The topological polar surface area (TPSA) is 41.1 Å². The van der Waals surface area contributed by atoms with Gasteiger partial charge < -0.3 is 10.6 Å². The van der Waals surface area contributed by atoms with Gasteiger partial charge in [0.05, 0.1) is 0 Å². The van der Waals surface area contributed by atoms with Gasteiger partial charge in [-0.15, -0.1) is 0 Å². The van der Waals surface area contributed by atoms with E-state index in [9.17, 15) is 9.18 Å². The zero-order chi connectivity index (χ0) is 14.4. The molecule has 0 unspecified atom stereocenters. The number of hydrogen-bond donors (Lipinski definition) is 2. The molecule has 0 aliphatic carbocycles. The Labute approximate surface area is 120 Å². The summed E-state index contributed by atoms with van der Waals surface area (Å²) in [6, 6.07) is 6.42. The summed E-state index contributed by atoms with van der Waals surface area (Å²) < 4.78 is 13.0. The Balaban J connectivity index is 2.01. The highest BCUT2D eigenvalue weighted by Gasteiger charge is 2.24. The Morgan fingerprint density at radius 2 is 2.00 bits per heavy atom. The summed E-state index contributed by atoms with van der Waals surface area (Å²) in [5, 5.41) is 6.61. The first-order valence-electron chi connectivity index (χ1n) is 7.43. The van der Waals surface area contributed by atoms with Crippen molar-refractivity contribution in [2.75, 3.05) is 19.6 Å². The van der Waals surface area contributed by atoms with E-state index in [-0.39, 0.29) is 17.8 Å². The van der Waals surface area contributed by atoms with E-state index in [1.807, 2.05) is 6.92 Å². The molecule has 0 saturated carbocycles. The fourth-order valence-electron chi connectivity index (χ4n) is 2.76. The number of carbonyl (C=O) groups excluding carboxylic acids is 1. The maximum Gasteiger partial charge on any atom is 0.137 e. The smallest absolute Gasteiger partial charge is 0.137 e. The monoisotopic (exact) mass is 278 g/mol. The van der Waals surface area contributed by atoms with Crippen LogP contribution in [0.15, 0.2) is 24.3 Å². The van der Waals surface area contributed by atoms with Gasteiger partial charge in [-0.2, -0.15) is 0 Å². The number of ketones is 1. The fraction of sp³-hybridized carbons (Fsp3) is 0.562. The van der Waals surface area contributed by atoms with Crippen molar-refractivity contribution in [2.45, 2.75) is 32.2 Å². The van der Waals surface area contributed by atoms with Crippen LogP contribution >= 0.6 is 0 Å². The number of benzene rings is 1. The van der Waals surface area contributed by atoms with Crippen LogP contribution in [0.25, 0.3) is 0 Å². The summed E-state index contributed by atoms with van der Waals surface area (Å²) in [6.45, 7) is 4.67. The SMILES string of the molecule is CCN[C@H](CC(=O)C1CCNCC1)c1ccc(F)cc1. The van der Waals surface area contributed by atoms with Gasteiger partial charge in [-0.05, 0) is 50.2 Å². The van der Waals surface area contributed by atoms with E-state index in [0.29, 0.717) is 12.2 Å². The lowest BCUT2D eigenvalue weighted by Gasteiger charge is -2.24. The molecule has 0 radical (unpaired) electrons. The normalized spacial score (nSPS) is 17.9. The van der Waals surface area contributed by atoms with Crippen molar-refractivity contribution < 1.29 is 9.18 Å². The maximum atomic E-state index is 13.0. The second-order valence-corrected chi connectivity index (χ2v) is 5.36. The first-order valence-corrected chi connectivity index (χ1v) is 7.43. The van der Waals surface area contributed by atoms with Crippen LogP contribution in [-0.2, 0) is 4.79 Å². The highest BCUT2D eigenvalue weighted by molar-refractivity contribution is 5.81. The summed E-state index contributed by atoms with van der Waals surface area (Å²) in [5.74, 6) is 0.258. The molecule has 1 atom stereocenters. The molecule has 1 aromatic carbocycles. The summed E-state index contributed by atoms with van der Waals surface area (Å²) in [5.41, 5.74) is 0.982. The van der Waals surface area contributed by atoms with Crippen LogP contribution in [0, 0.1) is 11.7 Å². The van der Waals surface area contributed by atoms with Gasteiger partial charge in [0.15, 0.2) is 0 Å². The lowest BCUT2D eigenvalue weighted by atomic mass is 9.88. The van der Waals surface area contributed by atoms with Crippen molar-refractivity contribution in [1.29, 1.82) is 0 Å². The molecule has 20 heavy (non-hydrogen) atoms. The predicted octanol–water partition coefficient (Wildman–Crippen LogP) is 2.44. The molecular formula is C16H23FN2O. The number of halogens is 1. The summed E-state index contributed by atoms with van der Waals surface area (Å²) >= 11 is 0. The van der Waals surface area contributed by atoms with Crippen LogP contribution in [0.2, 0.25) is 0 Å². The van der Waals surface area contributed by atoms with Gasteiger partial charge in [-0.3, -0.25) is 4.79 Å². The number of rotatable bonds is 6. The molecule has 110 valence electrons. The molecule has 3 nitrogen and oxygen atoms in total. The number of hydrogen-bond acceptors (Lipinski definition) is 3. The summed E-state index contributed by atoms with van der Waals surface area (Å²) in [6.07, 6.45) is 2.35. The van der Waals surface area contributed by atoms with Gasteiger partial charge >= 0.3 is 0 Å². The van der Waals surface area contributed by atoms with Crippen molar-refractivity contribution >= 4 is 5.78 Å². The Kier molecular flexibility index (Phi) is 5.68. The first-order chi connectivity index (χ1) is 9.70. The predicted molar refractivity (Wildman–Crippen MR) is 78.0 cm³/mol. The second-order valence-electron chi connectivity index (χ2n) is 5.36. The van der Waals surface area contributed by atoms with Crippen molar-refractivity contribution in [1.82, 2.24) is 10.6 Å². The van der Waals surface area contributed by atoms with E-state index in [2.05, 4.69) is 10.6 Å². The molecule has 1 fully saturated rings. The molecule has 1 heterocycles. The van der Waals surface area contributed by atoms with Crippen molar-refractivity contribution in [3.05, 3.63) is 35.6 Å². The standard InChI is InChI=1S/C16H23FN2O/c1-2-19-15(12-3-5-14(17)6-4-12)11-16(20)13-7-9-18-10-8-13/h3-6,13,15,18-19H,2,7-11H2,1H3/t15-/m1/s1. The zero-order valence-electron chi connectivity index (χ0n) is 12.0. The Hall–Kier alpha value is -1.26. The average Bonchev–Trinajstić information content (AvgIpc) is 2.48. The molecule has 2 rings (SSSR count). The minimum absolute atomic E-state index is 0.0111. The van der Waals surface area contributed by atoms with Crippen molar-refractivity contribution in [3.63, 3.8) is 0 Å². The van der Waals surface area contributed by atoms with E-state index in [1.54, 1.807) is 12.1 Å². The van der Waals surface area contributed by atoms with E-state index in [4.69, 9.17) is 0 Å². The number of Topliss-reactive ketones (excluding diaryl/α,β-unsaturated/α-hetero) is 1. The van der Waals surface area contributed by atoms with Crippen LogP contribution in [0.3, 0.4) is 0 Å². The minimum Gasteiger partial charge on any atom is -0.317 e. The van der Waals surface area contributed by atoms with E-state index in [0.717, 1.165) is 38.0 Å². The van der Waals surface area contributed by atoms with Gasteiger partial charge in [0.2, 0.25) is 0 Å². The molecular weight excluding hydrogens is 255 g/mol. The number of nitrogens with one attached hydrogen (secondary N) is 2. The molecule has 0 bridgehead atoms. The molecule has 4 heteroatoms. The quantitative estimate of drug-likeness (QED) is 0.840. The highest BCUT2D eigenvalue weighted by Crippen LogP contribution is 2.22. The van der Waals surface area contributed by atoms with Crippen molar-refractivity contribution in [2.24, 2.45) is 5.92 Å². The maximum absolute atomic E-state index is 13.0. The average molecular weight is 278 g/mol. The van der Waals surface area contributed by atoms with Gasteiger partial charge in [0.25, 0.3) is 0 Å². The second kappa shape index (κ2) is 7.50. The lowest BCUT2D eigenvalue weighted by Crippen LogP contribution is -2.34. The third-order valence-electron chi connectivity index (χ3n) is 3.92. The van der Waals surface area contributed by atoms with Crippen LogP contribution in [0.1, 0.15) is 37.8 Å². The molecule has 1 saturated heterocycles. The third kappa shape index (κ3) is 4.12. The van der Waals surface area contributed by atoms with Crippen LogP contribution in [0.5, 0.6) is 0 Å². The van der Waals surface area contributed by atoms with Crippen LogP contribution < -0.4 is 10.6 Å². The van der Waals surface area contributed by atoms with Crippen LogP contribution in [0.4, 0.5) is 4.39 Å². The molecule has 1 aliphatic heterocycles. The molecule has 1 aromatic rings. The van der Waals surface area contributed by atoms with E-state index < -0.39 is 0 Å². The molecule has 0 amide bonds. The van der Waals surface area contributed by atoms with Gasteiger partial charge in [0.1, 0.15) is 11.6 Å². The molecule has 2 N–H and O–H groups in total. The molecule has 0 spiro atoms. The van der Waals surface area contributed by atoms with Crippen LogP contribution in [-0.4, -0.2) is 25.4 Å². The Morgan fingerprint density at radius 3 is 2.60 bits per heavy atom. The number of carbonyl (C=O) groups is 1. The highest BCUT2D eigenvalue weighted by atomic mass is 19.1. The van der Waals surface area contributed by atoms with Gasteiger partial charge in [0, 0.05) is 18.4 Å². The van der Waals surface area contributed by atoms with Gasteiger partial charge in [-0.1, -0.05) is 19.1 Å². The minimum atomic E-state index is -0.242. The van der Waals surface area contributed by atoms with Crippen molar-refractivity contribution in [3.8, 4) is 0 Å².